The van der Waals surface area contributed by atoms with Crippen LogP contribution in [-0.4, -0.2) is 96.7 Å². The molecule has 108 heavy (non-hydrogen) atoms. The Bertz CT molecular complexity index is 2760. The smallest absolute Gasteiger partial charge is 0.462 e. The Morgan fingerprint density at radius 3 is 0.769 bits per heavy atom. The van der Waals surface area contributed by atoms with E-state index < -0.39 is 97.5 Å². The largest absolute Gasteiger partial charge is 0.472 e. The van der Waals surface area contributed by atoms with E-state index in [4.69, 9.17) is 37.0 Å². The molecular formula is C89H144O17P2. The number of esters is 4. The molecule has 0 aliphatic rings. The van der Waals surface area contributed by atoms with Crippen molar-refractivity contribution in [2.75, 3.05) is 39.6 Å². The second-order valence-electron chi connectivity index (χ2n) is 26.6. The first kappa shape index (κ1) is 102. The Morgan fingerprint density at radius 1 is 0.269 bits per heavy atom. The van der Waals surface area contributed by atoms with Crippen molar-refractivity contribution in [2.24, 2.45) is 0 Å². The maximum absolute atomic E-state index is 13.1. The van der Waals surface area contributed by atoms with E-state index in [1.54, 1.807) is 0 Å². The Morgan fingerprint density at radius 2 is 0.481 bits per heavy atom. The Hall–Kier alpha value is -5.84. The van der Waals surface area contributed by atoms with Gasteiger partial charge < -0.3 is 33.8 Å². The molecule has 0 saturated heterocycles. The van der Waals surface area contributed by atoms with E-state index in [2.05, 4.69) is 210 Å². The van der Waals surface area contributed by atoms with Crippen molar-refractivity contribution in [3.8, 4) is 0 Å². The van der Waals surface area contributed by atoms with Crippen molar-refractivity contribution in [2.45, 2.75) is 316 Å². The number of carbonyl (C=O) groups excluding carboxylic acids is 4. The first-order valence-corrected chi connectivity index (χ1v) is 44.0. The van der Waals surface area contributed by atoms with E-state index in [-0.39, 0.29) is 25.7 Å². The number of aliphatic hydroxyl groups is 1. The third-order valence-corrected chi connectivity index (χ3v) is 18.2. The van der Waals surface area contributed by atoms with Gasteiger partial charge in [0.1, 0.15) is 19.3 Å². The second-order valence-corrected chi connectivity index (χ2v) is 29.5. The molecule has 0 bridgehead atoms. The number of aliphatic hydroxyl groups excluding tert-OH is 1. The molecule has 17 nitrogen and oxygen atoms in total. The number of rotatable bonds is 75. The summed E-state index contributed by atoms with van der Waals surface area (Å²) < 4.78 is 68.6. The van der Waals surface area contributed by atoms with Crippen molar-refractivity contribution in [1.82, 2.24) is 0 Å². The highest BCUT2D eigenvalue weighted by atomic mass is 31.2. The van der Waals surface area contributed by atoms with Crippen molar-refractivity contribution in [3.05, 3.63) is 182 Å². The molecule has 612 valence electrons. The fourth-order valence-electron chi connectivity index (χ4n) is 10.2. The maximum Gasteiger partial charge on any atom is 0.472 e. The Kier molecular flexibility index (Phi) is 75.0. The van der Waals surface area contributed by atoms with Crippen LogP contribution >= 0.6 is 15.6 Å². The molecule has 0 rings (SSSR count). The van der Waals surface area contributed by atoms with Gasteiger partial charge in [-0.25, -0.2) is 9.13 Å². The molecular weight excluding hydrogens is 1400 g/mol. The van der Waals surface area contributed by atoms with E-state index in [0.29, 0.717) is 32.1 Å². The average Bonchev–Trinajstić information content (AvgIpc) is 0.923. The summed E-state index contributed by atoms with van der Waals surface area (Å²) in [5, 5.41) is 10.7. The third kappa shape index (κ3) is 78.3. The van der Waals surface area contributed by atoms with Crippen LogP contribution < -0.4 is 0 Å². The lowest BCUT2D eigenvalue weighted by Crippen LogP contribution is -2.30. The predicted molar refractivity (Wildman–Crippen MR) is 445 cm³/mol. The van der Waals surface area contributed by atoms with Gasteiger partial charge in [0.15, 0.2) is 12.2 Å². The summed E-state index contributed by atoms with van der Waals surface area (Å²) in [5.74, 6) is -2.30. The molecule has 0 aliphatic carbocycles. The number of unbranched alkanes of at least 4 members (excludes halogenated alkanes) is 19. The van der Waals surface area contributed by atoms with E-state index in [1.165, 1.54) is 19.3 Å². The number of hydrogen-bond acceptors (Lipinski definition) is 15. The predicted octanol–water partition coefficient (Wildman–Crippen LogP) is 24.3. The summed E-state index contributed by atoms with van der Waals surface area (Å²) in [6, 6.07) is 0. The fourth-order valence-corrected chi connectivity index (χ4v) is 11.8. The molecule has 0 aliphatic heterocycles. The minimum absolute atomic E-state index is 0.0316. The topological polar surface area (TPSA) is 237 Å². The Labute approximate surface area is 654 Å². The molecule has 0 radical (unpaired) electrons. The summed E-state index contributed by atoms with van der Waals surface area (Å²) in [4.78, 5) is 73.1. The van der Waals surface area contributed by atoms with E-state index in [0.717, 1.165) is 193 Å². The standard InChI is InChI=1S/C89H144O17P2/c1-5-9-13-17-21-25-29-33-37-39-41-43-47-49-53-57-61-65-69-73-86(91)99-79-84(105-88(93)75-71-67-63-59-55-51-45-35-31-27-23-19-15-11-7-3)81-103-107(95,96)101-77-83(90)78-102-108(97,98)104-82-85(106-89(94)76-72-68-64-60-56-52-46-36-32-28-24-20-16-12-8-4)80-100-87(92)74-70-66-62-58-54-50-48-44-42-40-38-34-30-26-22-18-14-10-6-2/h9-11,13-15,21-28,33-38,41-46,50,54-55,59,83-85,90H,5-8,12,16-20,29-32,39-40,47-49,51-53,56-58,60-82H2,1-4H3,(H,95,96)(H,97,98)/b13-9-,14-10-,15-11-,25-21-,26-22-,27-23-,28-24-,37-33-,38-34-,43-41-,44-42-,45-35-,46-36-,54-50-,59-55-. The van der Waals surface area contributed by atoms with Gasteiger partial charge in [-0.15, -0.1) is 0 Å². The quantitative estimate of drug-likeness (QED) is 0.0169. The molecule has 5 atom stereocenters. The zero-order valence-electron chi connectivity index (χ0n) is 66.9. The van der Waals surface area contributed by atoms with Gasteiger partial charge in [0.05, 0.1) is 26.4 Å². The lowest BCUT2D eigenvalue weighted by Gasteiger charge is -2.21. The second kappa shape index (κ2) is 79.3. The lowest BCUT2D eigenvalue weighted by molar-refractivity contribution is -0.161. The highest BCUT2D eigenvalue weighted by Crippen LogP contribution is 2.45. The first-order chi connectivity index (χ1) is 52.7. The molecule has 3 N–H and O–H groups in total. The van der Waals surface area contributed by atoms with Crippen molar-refractivity contribution in [3.63, 3.8) is 0 Å². The number of hydrogen-bond donors (Lipinski definition) is 3. The fraction of sp³-hybridized carbons (Fsp3) is 0.618. The zero-order valence-corrected chi connectivity index (χ0v) is 68.7. The van der Waals surface area contributed by atoms with Crippen LogP contribution in [0.3, 0.4) is 0 Å². The van der Waals surface area contributed by atoms with Crippen molar-refractivity contribution >= 4 is 39.5 Å². The molecule has 19 heteroatoms. The van der Waals surface area contributed by atoms with Gasteiger partial charge >= 0.3 is 39.5 Å². The molecule has 0 aromatic rings. The summed E-state index contributed by atoms with van der Waals surface area (Å²) in [5.41, 5.74) is 0. The summed E-state index contributed by atoms with van der Waals surface area (Å²) in [7, 11) is -10.0. The minimum atomic E-state index is -5.01. The highest BCUT2D eigenvalue weighted by Gasteiger charge is 2.30. The van der Waals surface area contributed by atoms with Crippen LogP contribution in [0.5, 0.6) is 0 Å². The maximum atomic E-state index is 13.1. The average molecular weight is 1550 g/mol. The van der Waals surface area contributed by atoms with Gasteiger partial charge in [-0.3, -0.25) is 37.3 Å². The van der Waals surface area contributed by atoms with Crippen molar-refractivity contribution < 1.29 is 80.2 Å². The SMILES string of the molecule is CC/C=C\C/C=C\C/C=C\C/C=C\C/C=C\CCCCCC(=O)OCC(COP(=O)(O)OCC(O)COP(=O)(O)OCC(COC(=O)CCCCCCCC/C=C\C/C=C\C/C=C\C/C=C\CC)OC(=O)CCCC/C=C\C/C=C\C/C=C\C/C=C\CC)OC(=O)CCCCCCC/C=C\C/C=C\CCCCC. The first-order valence-electron chi connectivity index (χ1n) is 41.0. The van der Waals surface area contributed by atoms with Crippen LogP contribution in [0.4, 0.5) is 0 Å². The number of allylic oxidation sites excluding steroid dienone is 30. The normalized spacial score (nSPS) is 14.8. The van der Waals surface area contributed by atoms with Gasteiger partial charge in [-0.1, -0.05) is 274 Å². The number of phosphoric acid groups is 2. The molecule has 0 aromatic heterocycles. The van der Waals surface area contributed by atoms with Gasteiger partial charge in [-0.2, -0.15) is 0 Å². The van der Waals surface area contributed by atoms with Crippen LogP contribution in [0.2, 0.25) is 0 Å². The number of carbonyl (C=O) groups is 4. The Balaban J connectivity index is 5.47. The van der Waals surface area contributed by atoms with Gasteiger partial charge in [0.2, 0.25) is 0 Å². The molecule has 0 aromatic carbocycles. The number of ether oxygens (including phenoxy) is 4. The van der Waals surface area contributed by atoms with Gasteiger partial charge in [-0.05, 0) is 180 Å². The zero-order chi connectivity index (χ0) is 78.9. The third-order valence-electron chi connectivity index (χ3n) is 16.3. The van der Waals surface area contributed by atoms with Crippen LogP contribution in [-0.2, 0) is 65.4 Å². The van der Waals surface area contributed by atoms with E-state index in [9.17, 15) is 43.2 Å². The monoisotopic (exact) mass is 1550 g/mol. The van der Waals surface area contributed by atoms with Crippen LogP contribution in [0, 0.1) is 0 Å². The molecule has 0 spiro atoms. The molecule has 0 heterocycles. The van der Waals surface area contributed by atoms with E-state index >= 15 is 0 Å². The van der Waals surface area contributed by atoms with Crippen molar-refractivity contribution in [1.29, 1.82) is 0 Å². The number of phosphoric ester groups is 2. The van der Waals surface area contributed by atoms with Crippen LogP contribution in [0.15, 0.2) is 182 Å². The minimum Gasteiger partial charge on any atom is -0.462 e. The highest BCUT2D eigenvalue weighted by molar-refractivity contribution is 7.47. The van der Waals surface area contributed by atoms with Crippen LogP contribution in [0.25, 0.3) is 0 Å². The molecule has 5 unspecified atom stereocenters. The summed E-state index contributed by atoms with van der Waals surface area (Å²) >= 11 is 0. The molecule has 0 fully saturated rings. The molecule has 0 amide bonds. The lowest BCUT2D eigenvalue weighted by atomic mass is 10.1. The molecule has 0 saturated carbocycles. The van der Waals surface area contributed by atoms with E-state index in [1.807, 2.05) is 0 Å². The van der Waals surface area contributed by atoms with Gasteiger partial charge in [0.25, 0.3) is 0 Å². The van der Waals surface area contributed by atoms with Gasteiger partial charge in [0, 0.05) is 25.7 Å². The summed E-state index contributed by atoms with van der Waals surface area (Å²) in [6.07, 6.45) is 95.8. The summed E-state index contributed by atoms with van der Waals surface area (Å²) in [6.45, 7) is 4.38. The van der Waals surface area contributed by atoms with Crippen LogP contribution in [0.1, 0.15) is 297 Å².